The maximum atomic E-state index is 12.1. The number of aromatic hydroxyl groups is 1. The van der Waals surface area contributed by atoms with Crippen LogP contribution >= 0.6 is 54.5 Å². The molecule has 0 amide bonds. The van der Waals surface area contributed by atoms with Crippen LogP contribution in [0.15, 0.2) is 173 Å². The van der Waals surface area contributed by atoms with Crippen molar-refractivity contribution in [3.63, 3.8) is 0 Å². The van der Waals surface area contributed by atoms with Gasteiger partial charge >= 0.3 is 11.9 Å². The third-order valence-corrected chi connectivity index (χ3v) is 18.4. The smallest absolute Gasteiger partial charge is 0.320 e. The predicted molar refractivity (Wildman–Crippen MR) is 367 cm³/mol. The minimum atomic E-state index is -0.775. The van der Waals surface area contributed by atoms with Crippen molar-refractivity contribution in [1.29, 1.82) is 0 Å². The van der Waals surface area contributed by atoms with E-state index in [1.54, 1.807) is 34.8 Å². The maximum absolute atomic E-state index is 12.1. The number of benzene rings is 7. The predicted octanol–water partition coefficient (Wildman–Crippen LogP) is 15.0. The van der Waals surface area contributed by atoms with Crippen LogP contribution in [0.5, 0.6) is 46.0 Å². The van der Waals surface area contributed by atoms with Crippen molar-refractivity contribution in [2.75, 3.05) is 118 Å². The average Bonchev–Trinajstić information content (AvgIpc) is 1.80. The Bertz CT molecular complexity index is 3760. The summed E-state index contributed by atoms with van der Waals surface area (Å²) in [4.78, 5) is 33.8. The SMILES string of the molecule is CC(C)(C)OC(=O)CN1CCN(CCOCCOc2ccc(Oc3c(-c4ccc(Br)cc4)sc4cc(OCc5ccccc5)ccc34)cc2)CC1.O=C(O)CN1CCN(CCOCCOc2ccc(Oc3c(-c4ccc(Br)cc4)sc4cc(O)ccc34)cc2)CC1. The van der Waals surface area contributed by atoms with Gasteiger partial charge in [-0.1, -0.05) is 86.5 Å². The number of phenolic OH excluding ortho intramolecular Hbond substituents is 1. The van der Waals surface area contributed by atoms with E-state index in [1.807, 2.05) is 141 Å². The zero-order valence-corrected chi connectivity index (χ0v) is 56.2. The number of carboxylic acid groups (broad SMARTS) is 1. The molecule has 0 radical (unpaired) electrons. The first-order chi connectivity index (χ1) is 44.1. The summed E-state index contributed by atoms with van der Waals surface area (Å²) >= 11 is 10.3. The van der Waals surface area contributed by atoms with Crippen LogP contribution in [0.25, 0.3) is 41.1 Å². The van der Waals surface area contributed by atoms with E-state index in [9.17, 15) is 14.7 Å². The van der Waals surface area contributed by atoms with Crippen LogP contribution in [0, 0.1) is 0 Å². The number of carbonyl (C=O) groups is 2. The zero-order chi connectivity index (χ0) is 63.5. The van der Waals surface area contributed by atoms with Crippen molar-refractivity contribution in [2.24, 2.45) is 0 Å². The molecule has 478 valence electrons. The number of carbonyl (C=O) groups excluding carboxylic acids is 1. The minimum Gasteiger partial charge on any atom is -0.508 e. The molecule has 0 unspecified atom stereocenters. The molecule has 20 heteroatoms. The number of rotatable bonds is 27. The first kappa shape index (κ1) is 66.8. The lowest BCUT2D eigenvalue weighted by atomic mass is 10.1. The van der Waals surface area contributed by atoms with E-state index in [4.69, 9.17) is 43.0 Å². The topological polar surface area (TPSA) is 161 Å². The summed E-state index contributed by atoms with van der Waals surface area (Å²) in [5.74, 6) is 4.60. The molecule has 11 rings (SSSR count). The van der Waals surface area contributed by atoms with Gasteiger partial charge in [0, 0.05) is 94.6 Å². The Morgan fingerprint density at radius 2 is 0.923 bits per heavy atom. The first-order valence-corrected chi connectivity index (χ1v) is 33.7. The van der Waals surface area contributed by atoms with Crippen molar-refractivity contribution < 1.29 is 57.7 Å². The maximum Gasteiger partial charge on any atom is 0.320 e. The fourth-order valence-electron chi connectivity index (χ4n) is 10.3. The quantitative estimate of drug-likeness (QED) is 0.0369. The molecule has 9 aromatic rings. The lowest BCUT2D eigenvalue weighted by Gasteiger charge is -2.34. The first-order valence-electron chi connectivity index (χ1n) is 30.4. The van der Waals surface area contributed by atoms with Crippen molar-refractivity contribution in [1.82, 2.24) is 19.6 Å². The summed E-state index contributed by atoms with van der Waals surface area (Å²) < 4.78 is 52.0. The van der Waals surface area contributed by atoms with Gasteiger partial charge in [0.1, 0.15) is 59.9 Å². The normalized spacial score (nSPS) is 14.2. The molecule has 2 saturated heterocycles. The molecule has 0 atom stereocenters. The highest BCUT2D eigenvalue weighted by atomic mass is 79.9. The van der Waals surface area contributed by atoms with Crippen LogP contribution < -0.4 is 23.7 Å². The van der Waals surface area contributed by atoms with Crippen LogP contribution in [-0.4, -0.2) is 166 Å². The highest BCUT2D eigenvalue weighted by Gasteiger charge is 2.24. The number of piperazine rings is 2. The standard InChI is InChI=1S/C41H45BrN2O6S.C30H31BrN2O6S/c1-41(2,3)50-38(45)28-44-21-19-43(20-22-44)23-24-46-25-26-47-33-13-15-34(16-14-33)49-39-36-18-17-35(48-29-30-7-5-4-6-8-30)27-37(36)51-40(39)31-9-11-32(42)12-10-31;31-22-3-1-21(2-4-22)30-29(26-10-5-23(34)19-27(26)40-30)39-25-8-6-24(7-9-25)38-18-17-37-16-15-32-11-13-33(14-12-32)20-28(35)36/h4-18,27H,19-26,28-29H2,1-3H3;1-10,19,34H,11-18,20H2,(H,35,36). The van der Waals surface area contributed by atoms with Gasteiger partial charge in [0.25, 0.3) is 0 Å². The lowest BCUT2D eigenvalue weighted by molar-refractivity contribution is -0.156. The van der Waals surface area contributed by atoms with Crippen LogP contribution in [0.1, 0.15) is 26.3 Å². The second-order valence-electron chi connectivity index (χ2n) is 22.9. The Morgan fingerprint density at radius 3 is 1.41 bits per heavy atom. The summed E-state index contributed by atoms with van der Waals surface area (Å²) in [5, 5.41) is 20.9. The van der Waals surface area contributed by atoms with E-state index in [1.165, 1.54) is 0 Å². The van der Waals surface area contributed by atoms with Crippen molar-refractivity contribution in [3.05, 3.63) is 178 Å². The Morgan fingerprint density at radius 1 is 0.484 bits per heavy atom. The van der Waals surface area contributed by atoms with E-state index in [0.29, 0.717) is 58.5 Å². The molecule has 91 heavy (non-hydrogen) atoms. The van der Waals surface area contributed by atoms with Crippen LogP contribution in [0.3, 0.4) is 0 Å². The van der Waals surface area contributed by atoms with Gasteiger partial charge in [0.2, 0.25) is 0 Å². The zero-order valence-electron chi connectivity index (χ0n) is 51.4. The van der Waals surface area contributed by atoms with Gasteiger partial charge in [-0.05, 0) is 147 Å². The number of nitrogens with zero attached hydrogens (tertiary/aromatic N) is 4. The van der Waals surface area contributed by atoms with Crippen LogP contribution in [-0.2, 0) is 30.4 Å². The molecule has 0 spiro atoms. The molecule has 16 nitrogen and oxygen atoms in total. The minimum absolute atomic E-state index is 0.109. The number of hydrogen-bond donors (Lipinski definition) is 2. The number of aliphatic carboxylic acids is 1. The summed E-state index contributed by atoms with van der Waals surface area (Å²) in [7, 11) is 0. The van der Waals surface area contributed by atoms with Gasteiger partial charge < -0.3 is 48.1 Å². The number of ether oxygens (including phenoxy) is 8. The molecule has 2 N–H and O–H groups in total. The second-order valence-corrected chi connectivity index (χ2v) is 26.9. The molecule has 7 aromatic carbocycles. The van der Waals surface area contributed by atoms with E-state index < -0.39 is 11.6 Å². The summed E-state index contributed by atoms with van der Waals surface area (Å²) in [6, 6.07) is 53.3. The Hall–Kier alpha value is -7.08. The number of halogens is 2. The monoisotopic (exact) mass is 1400 g/mol. The van der Waals surface area contributed by atoms with E-state index in [-0.39, 0.29) is 18.3 Å². The van der Waals surface area contributed by atoms with Crippen LogP contribution in [0.4, 0.5) is 0 Å². The molecule has 2 aliphatic heterocycles. The summed E-state index contributed by atoms with van der Waals surface area (Å²) in [6.45, 7) is 18.3. The van der Waals surface area contributed by atoms with Crippen LogP contribution in [0.2, 0.25) is 0 Å². The number of phenols is 1. The molecule has 2 fully saturated rings. The molecule has 2 aliphatic rings. The van der Waals surface area contributed by atoms with Crippen molar-refractivity contribution in [3.8, 4) is 66.9 Å². The highest BCUT2D eigenvalue weighted by molar-refractivity contribution is 9.10. The molecular weight excluding hydrogens is 1320 g/mol. The average molecular weight is 1400 g/mol. The summed E-state index contributed by atoms with van der Waals surface area (Å²) in [5.41, 5.74) is 2.80. The third kappa shape index (κ3) is 20.5. The van der Waals surface area contributed by atoms with E-state index >= 15 is 0 Å². The number of hydrogen-bond acceptors (Lipinski definition) is 17. The van der Waals surface area contributed by atoms with Crippen molar-refractivity contribution >= 4 is 86.6 Å². The van der Waals surface area contributed by atoms with Gasteiger partial charge in [0.15, 0.2) is 11.5 Å². The number of fused-ring (bicyclic) bond motifs is 2. The second kappa shape index (κ2) is 33.0. The molecule has 0 bridgehead atoms. The lowest BCUT2D eigenvalue weighted by Crippen LogP contribution is -2.49. The fraction of sp³-hybridized carbons (Fsp3) is 0.324. The van der Waals surface area contributed by atoms with Gasteiger partial charge in [0.05, 0.1) is 49.3 Å². The molecule has 0 aliphatic carbocycles. The van der Waals surface area contributed by atoms with Gasteiger partial charge in [-0.2, -0.15) is 0 Å². The number of esters is 1. The molecule has 0 saturated carbocycles. The highest BCUT2D eigenvalue weighted by Crippen LogP contribution is 2.49. The Labute approximate surface area is 556 Å². The molecular formula is C71H76Br2N4O12S2. The van der Waals surface area contributed by atoms with E-state index in [0.717, 1.165) is 156 Å². The molecule has 4 heterocycles. The number of thiophene rings is 2. The Kier molecular flexibility index (Phi) is 24.2. The fourth-order valence-corrected chi connectivity index (χ4v) is 13.2. The van der Waals surface area contributed by atoms with Gasteiger partial charge in [-0.3, -0.25) is 29.2 Å². The van der Waals surface area contributed by atoms with Gasteiger partial charge in [-0.15, -0.1) is 22.7 Å². The largest absolute Gasteiger partial charge is 0.508 e. The molecule has 2 aromatic heterocycles. The Balaban J connectivity index is 0.000000206. The third-order valence-electron chi connectivity index (χ3n) is 15.0. The number of carboxylic acids is 1. The van der Waals surface area contributed by atoms with Crippen molar-refractivity contribution in [2.45, 2.75) is 33.0 Å². The summed E-state index contributed by atoms with van der Waals surface area (Å²) in [6.07, 6.45) is 0. The van der Waals surface area contributed by atoms with Gasteiger partial charge in [-0.25, -0.2) is 0 Å². The van der Waals surface area contributed by atoms with E-state index in [2.05, 4.69) is 83.0 Å².